The van der Waals surface area contributed by atoms with Gasteiger partial charge < -0.3 is 9.13 Å². The van der Waals surface area contributed by atoms with Crippen molar-refractivity contribution in [3.63, 3.8) is 0 Å². The highest BCUT2D eigenvalue weighted by molar-refractivity contribution is 7.44. The Hall–Kier alpha value is -0.580. The third-order valence-electron chi connectivity index (χ3n) is 7.05. The minimum Gasteiger partial charge on any atom is -0.327 e. The molecule has 0 radical (unpaired) electrons. The van der Waals surface area contributed by atoms with E-state index in [1.54, 1.807) is 0 Å². The molecule has 0 spiro atoms. The molecular weight excluding hydrogens is 370 g/mol. The Morgan fingerprint density at radius 1 is 0.815 bits per heavy atom. The van der Waals surface area contributed by atoms with Crippen molar-refractivity contribution in [2.45, 2.75) is 57.3 Å². The molecule has 0 amide bonds. The molecule has 2 fully saturated rings. The van der Waals surface area contributed by atoms with Crippen LogP contribution in [0.2, 0.25) is 0 Å². The fraction of sp³-hybridized carbons (Fsp3) is 0.652. The van der Waals surface area contributed by atoms with Crippen LogP contribution in [-0.2, 0) is 9.13 Å². The third-order valence-corrected chi connectivity index (χ3v) is 10.6. The second-order valence-electron chi connectivity index (χ2n) is 9.01. The minimum atomic E-state index is -1.47. The summed E-state index contributed by atoms with van der Waals surface area (Å²) >= 11 is 0. The minimum absolute atomic E-state index is 0.502. The van der Waals surface area contributed by atoms with Gasteiger partial charge in [-0.2, -0.15) is 0 Å². The van der Waals surface area contributed by atoms with Crippen LogP contribution in [-0.4, -0.2) is 24.6 Å². The Labute approximate surface area is 165 Å². The summed E-state index contributed by atoms with van der Waals surface area (Å²) in [5.74, 6) is 1.92. The fourth-order valence-corrected chi connectivity index (χ4v) is 8.95. The van der Waals surface area contributed by atoms with Gasteiger partial charge in [-0.05, 0) is 73.8 Å². The van der Waals surface area contributed by atoms with Gasteiger partial charge in [0, 0.05) is 18.2 Å². The van der Waals surface area contributed by atoms with E-state index in [1.807, 2.05) is 0 Å². The molecule has 1 saturated carbocycles. The van der Waals surface area contributed by atoms with Crippen LogP contribution in [0, 0.1) is 11.8 Å². The van der Waals surface area contributed by atoms with E-state index in [0.717, 1.165) is 62.7 Å². The van der Waals surface area contributed by atoms with Gasteiger partial charge in [0.1, 0.15) is 0 Å². The Bertz CT molecular complexity index is 740. The lowest BCUT2D eigenvalue weighted by Crippen LogP contribution is -2.04. The lowest BCUT2D eigenvalue weighted by Gasteiger charge is -2.18. The lowest BCUT2D eigenvalue weighted by atomic mass is 9.89. The van der Waals surface area contributed by atoms with Gasteiger partial charge in [0.2, 0.25) is 0 Å². The van der Waals surface area contributed by atoms with Crippen molar-refractivity contribution in [2.75, 3.05) is 24.6 Å². The van der Waals surface area contributed by atoms with Gasteiger partial charge in [0.05, 0.1) is 15.6 Å². The molecule has 4 rings (SSSR count). The summed E-state index contributed by atoms with van der Waals surface area (Å²) in [6.07, 6.45) is 15.5. The molecule has 2 nitrogen and oxygen atoms in total. The zero-order valence-corrected chi connectivity index (χ0v) is 18.4. The van der Waals surface area contributed by atoms with Crippen molar-refractivity contribution in [2.24, 2.45) is 11.8 Å². The second kappa shape index (κ2) is 9.28. The molecule has 27 heavy (non-hydrogen) atoms. The number of rotatable bonds is 0. The van der Waals surface area contributed by atoms with Gasteiger partial charge in [-0.15, -0.1) is 0 Å². The average Bonchev–Trinajstić information content (AvgIpc) is 3.25. The normalized spacial score (nSPS) is 35.3. The number of benzene rings is 1. The largest absolute Gasteiger partial charge is 0.327 e. The first-order chi connectivity index (χ1) is 13.2. The van der Waals surface area contributed by atoms with Gasteiger partial charge in [-0.3, -0.25) is 0 Å². The van der Waals surface area contributed by atoms with Gasteiger partial charge in [-0.1, -0.05) is 48.8 Å². The summed E-state index contributed by atoms with van der Waals surface area (Å²) in [7, 11) is -2.86. The smallest absolute Gasteiger partial charge is 0.0768 e. The van der Waals surface area contributed by atoms with Gasteiger partial charge in [0.25, 0.3) is 0 Å². The van der Waals surface area contributed by atoms with Crippen LogP contribution < -0.4 is 0 Å². The van der Waals surface area contributed by atoms with E-state index >= 15 is 0 Å². The summed E-state index contributed by atoms with van der Waals surface area (Å²) < 4.78 is 25.2. The first-order valence-corrected chi connectivity index (χ1v) is 14.7. The standard InChI is InChI=1S/C23H34O2P2/c24-26-12-4-3-7-23-21(16-20-5-1-2-6-22(20)23)11-14-27(25)17-19-9-8-18(15-19)10-13-26/h1-2,5-6,16,18-19,23,26-27H,3-4,7-15,17H2. The van der Waals surface area contributed by atoms with E-state index in [-0.39, 0.29) is 0 Å². The van der Waals surface area contributed by atoms with Crippen molar-refractivity contribution in [1.82, 2.24) is 0 Å². The highest BCUT2D eigenvalue weighted by Gasteiger charge is 2.28. The lowest BCUT2D eigenvalue weighted by molar-refractivity contribution is 0.496. The molecule has 1 saturated heterocycles. The highest BCUT2D eigenvalue weighted by atomic mass is 31.1. The van der Waals surface area contributed by atoms with E-state index in [0.29, 0.717) is 11.8 Å². The average molecular weight is 404 g/mol. The zero-order valence-electron chi connectivity index (χ0n) is 16.4. The first kappa shape index (κ1) is 19.7. The summed E-state index contributed by atoms with van der Waals surface area (Å²) in [6, 6.07) is 8.76. The quantitative estimate of drug-likeness (QED) is 0.453. The van der Waals surface area contributed by atoms with E-state index in [4.69, 9.17) is 0 Å². The third kappa shape index (κ3) is 5.07. The fourth-order valence-electron chi connectivity index (χ4n) is 5.54. The first-order valence-electron chi connectivity index (χ1n) is 11.0. The number of fused-ring (bicyclic) bond motifs is 5. The molecule has 0 aromatic heterocycles. The molecule has 1 heterocycles. The maximum absolute atomic E-state index is 12.8. The monoisotopic (exact) mass is 404 g/mol. The van der Waals surface area contributed by atoms with E-state index in [2.05, 4.69) is 30.3 Å². The van der Waals surface area contributed by atoms with Crippen LogP contribution in [0.1, 0.15) is 68.4 Å². The molecule has 1 aliphatic heterocycles. The van der Waals surface area contributed by atoms with Crippen molar-refractivity contribution in [1.29, 1.82) is 0 Å². The molecule has 1 aromatic carbocycles. The van der Waals surface area contributed by atoms with Crippen LogP contribution in [0.15, 0.2) is 29.8 Å². The predicted octanol–water partition coefficient (Wildman–Crippen LogP) is 6.67. The number of hydrogen-bond donors (Lipinski definition) is 0. The molecule has 2 aliphatic carbocycles. The summed E-state index contributed by atoms with van der Waals surface area (Å²) in [5.41, 5.74) is 4.32. The maximum atomic E-state index is 12.8. The molecule has 0 N–H and O–H groups in total. The maximum Gasteiger partial charge on any atom is 0.0768 e. The van der Waals surface area contributed by atoms with E-state index in [1.165, 1.54) is 36.0 Å². The molecular formula is C23H34O2P2. The van der Waals surface area contributed by atoms with Crippen molar-refractivity contribution in [3.8, 4) is 0 Å². The Balaban J connectivity index is 1.47. The summed E-state index contributed by atoms with van der Waals surface area (Å²) in [6.45, 7) is 0. The highest BCUT2D eigenvalue weighted by Crippen LogP contribution is 2.45. The number of hydrogen-bond acceptors (Lipinski definition) is 2. The van der Waals surface area contributed by atoms with Crippen molar-refractivity contribution in [3.05, 3.63) is 41.0 Å². The summed E-state index contributed by atoms with van der Waals surface area (Å²) in [5, 5.41) is 0. The van der Waals surface area contributed by atoms with E-state index < -0.39 is 15.6 Å². The van der Waals surface area contributed by atoms with Crippen LogP contribution >= 0.6 is 15.6 Å². The molecule has 3 aliphatic rings. The SMILES string of the molecule is O=[PH]1CCCCC2C(=Cc3ccccc32)CC[PH](=O)CC2CCC(CC1)C2. The Morgan fingerprint density at radius 2 is 1.67 bits per heavy atom. The van der Waals surface area contributed by atoms with Crippen LogP contribution in [0.4, 0.5) is 0 Å². The topological polar surface area (TPSA) is 34.1 Å². The molecule has 4 heteroatoms. The number of allylic oxidation sites excluding steroid dienone is 1. The van der Waals surface area contributed by atoms with Gasteiger partial charge in [-0.25, -0.2) is 0 Å². The van der Waals surface area contributed by atoms with Gasteiger partial charge in [0.15, 0.2) is 0 Å². The molecule has 5 unspecified atom stereocenters. The van der Waals surface area contributed by atoms with Gasteiger partial charge >= 0.3 is 0 Å². The molecule has 5 atom stereocenters. The predicted molar refractivity (Wildman–Crippen MR) is 119 cm³/mol. The second-order valence-corrected chi connectivity index (χ2v) is 13.1. The van der Waals surface area contributed by atoms with Crippen LogP contribution in [0.5, 0.6) is 0 Å². The van der Waals surface area contributed by atoms with Crippen LogP contribution in [0.25, 0.3) is 6.08 Å². The molecule has 148 valence electrons. The molecule has 2 bridgehead atoms. The molecule has 1 aromatic rings. The van der Waals surface area contributed by atoms with Crippen molar-refractivity contribution < 1.29 is 9.13 Å². The Kier molecular flexibility index (Phi) is 6.78. The zero-order chi connectivity index (χ0) is 18.6. The Morgan fingerprint density at radius 3 is 2.59 bits per heavy atom. The van der Waals surface area contributed by atoms with E-state index in [9.17, 15) is 9.13 Å². The van der Waals surface area contributed by atoms with Crippen LogP contribution in [0.3, 0.4) is 0 Å². The summed E-state index contributed by atoms with van der Waals surface area (Å²) in [4.78, 5) is 0. The van der Waals surface area contributed by atoms with Crippen molar-refractivity contribution >= 4 is 21.7 Å².